The van der Waals surface area contributed by atoms with E-state index in [9.17, 15) is 14.7 Å². The third-order valence-corrected chi connectivity index (χ3v) is 4.20. The van der Waals surface area contributed by atoms with Gasteiger partial charge in [0.1, 0.15) is 11.4 Å². The van der Waals surface area contributed by atoms with Gasteiger partial charge in [-0.2, -0.15) is 0 Å². The molecule has 0 aliphatic rings. The van der Waals surface area contributed by atoms with Crippen molar-refractivity contribution < 1.29 is 9.90 Å². The lowest BCUT2D eigenvalue weighted by Gasteiger charge is -2.19. The van der Waals surface area contributed by atoms with Crippen LogP contribution < -0.4 is 11.2 Å². The normalized spacial score (nSPS) is 10.6. The molecule has 0 atom stereocenters. The summed E-state index contributed by atoms with van der Waals surface area (Å²) in [7, 11) is 0. The van der Waals surface area contributed by atoms with Crippen molar-refractivity contribution in [2.24, 2.45) is 0 Å². The Balaban J connectivity index is 2.30. The van der Waals surface area contributed by atoms with Crippen LogP contribution >= 0.6 is 0 Å². The SMILES string of the molecule is Cc1c(C(=O)O)c(=O)c(Cc2ccccc2)c(N)n1-c1ccccc1. The van der Waals surface area contributed by atoms with Gasteiger partial charge in [0.25, 0.3) is 0 Å². The number of hydrogen-bond donors (Lipinski definition) is 2. The summed E-state index contributed by atoms with van der Waals surface area (Å²) in [4.78, 5) is 24.5. The van der Waals surface area contributed by atoms with Crippen LogP contribution in [0.3, 0.4) is 0 Å². The zero-order chi connectivity index (χ0) is 18.0. The number of anilines is 1. The maximum atomic E-state index is 12.8. The highest BCUT2D eigenvalue weighted by Crippen LogP contribution is 2.22. The standard InChI is InChI=1S/C20H18N2O3/c1-13-17(20(24)25)18(23)16(12-14-8-4-2-5-9-14)19(21)22(13)15-10-6-3-7-11-15/h2-11H,12,21H2,1H3,(H,24,25). The molecule has 3 aromatic rings. The fourth-order valence-corrected chi connectivity index (χ4v) is 2.99. The maximum Gasteiger partial charge on any atom is 0.341 e. The Labute approximate surface area is 145 Å². The van der Waals surface area contributed by atoms with E-state index in [-0.39, 0.29) is 23.4 Å². The third-order valence-electron chi connectivity index (χ3n) is 4.20. The second kappa shape index (κ2) is 6.65. The predicted octanol–water partition coefficient (Wildman–Crippen LogP) is 3.02. The first-order valence-corrected chi connectivity index (χ1v) is 7.87. The van der Waals surface area contributed by atoms with Crippen molar-refractivity contribution in [2.75, 3.05) is 5.73 Å². The van der Waals surface area contributed by atoms with Crippen LogP contribution in [0.1, 0.15) is 27.2 Å². The van der Waals surface area contributed by atoms with Gasteiger partial charge in [-0.3, -0.25) is 9.36 Å². The van der Waals surface area contributed by atoms with Gasteiger partial charge in [-0.1, -0.05) is 48.5 Å². The van der Waals surface area contributed by atoms with E-state index in [0.717, 1.165) is 5.56 Å². The molecule has 0 aliphatic heterocycles. The number of nitrogens with two attached hydrogens (primary N) is 1. The van der Waals surface area contributed by atoms with Crippen molar-refractivity contribution in [3.63, 3.8) is 0 Å². The summed E-state index contributed by atoms with van der Waals surface area (Å²) < 4.78 is 1.63. The van der Waals surface area contributed by atoms with Gasteiger partial charge in [0.05, 0.1) is 0 Å². The molecular formula is C20H18N2O3. The molecule has 0 fully saturated rings. The number of para-hydroxylation sites is 1. The highest BCUT2D eigenvalue weighted by atomic mass is 16.4. The number of aromatic carboxylic acids is 1. The molecule has 3 rings (SSSR count). The summed E-state index contributed by atoms with van der Waals surface area (Å²) in [5.74, 6) is -0.982. The lowest BCUT2D eigenvalue weighted by Crippen LogP contribution is -2.27. The monoisotopic (exact) mass is 334 g/mol. The Morgan fingerprint density at radius 1 is 1.04 bits per heavy atom. The summed E-state index contributed by atoms with van der Waals surface area (Å²) in [5, 5.41) is 9.55. The van der Waals surface area contributed by atoms with Gasteiger partial charge >= 0.3 is 5.97 Å². The zero-order valence-electron chi connectivity index (χ0n) is 13.8. The van der Waals surface area contributed by atoms with Gasteiger partial charge in [-0.05, 0) is 24.6 Å². The summed E-state index contributed by atoms with van der Waals surface area (Å²) in [6.07, 6.45) is 0.277. The molecule has 3 N–H and O–H groups in total. The second-order valence-corrected chi connectivity index (χ2v) is 5.79. The van der Waals surface area contributed by atoms with Crippen LogP contribution in [-0.2, 0) is 6.42 Å². The fourth-order valence-electron chi connectivity index (χ4n) is 2.99. The summed E-state index contributed by atoms with van der Waals surface area (Å²) >= 11 is 0. The minimum absolute atomic E-state index is 0.246. The Kier molecular flexibility index (Phi) is 4.39. The second-order valence-electron chi connectivity index (χ2n) is 5.79. The number of carbonyl (C=O) groups is 1. The van der Waals surface area contributed by atoms with E-state index < -0.39 is 11.4 Å². The number of benzene rings is 2. The van der Waals surface area contributed by atoms with E-state index in [1.54, 1.807) is 11.5 Å². The van der Waals surface area contributed by atoms with Crippen molar-refractivity contribution in [1.82, 2.24) is 4.57 Å². The average Bonchev–Trinajstić information content (AvgIpc) is 2.60. The number of carboxylic acid groups (broad SMARTS) is 1. The quantitative estimate of drug-likeness (QED) is 0.768. The molecule has 0 aliphatic carbocycles. The lowest BCUT2D eigenvalue weighted by atomic mass is 10.0. The molecule has 0 spiro atoms. The number of pyridine rings is 1. The first kappa shape index (κ1) is 16.5. The Bertz CT molecular complexity index is 977. The van der Waals surface area contributed by atoms with Crippen LogP contribution in [0.4, 0.5) is 5.82 Å². The van der Waals surface area contributed by atoms with Crippen molar-refractivity contribution in [1.29, 1.82) is 0 Å². The van der Waals surface area contributed by atoms with Gasteiger partial charge in [-0.15, -0.1) is 0 Å². The highest BCUT2D eigenvalue weighted by Gasteiger charge is 2.23. The van der Waals surface area contributed by atoms with E-state index in [1.165, 1.54) is 0 Å². The van der Waals surface area contributed by atoms with Crippen molar-refractivity contribution in [2.45, 2.75) is 13.3 Å². The van der Waals surface area contributed by atoms with E-state index in [0.29, 0.717) is 11.4 Å². The highest BCUT2D eigenvalue weighted by molar-refractivity contribution is 5.89. The molecule has 2 aromatic carbocycles. The number of nitrogens with zero attached hydrogens (tertiary/aromatic N) is 1. The molecule has 5 heteroatoms. The number of nitrogen functional groups attached to an aromatic ring is 1. The summed E-state index contributed by atoms with van der Waals surface area (Å²) in [6, 6.07) is 18.6. The zero-order valence-corrected chi connectivity index (χ0v) is 13.8. The van der Waals surface area contributed by atoms with Crippen LogP contribution in [-0.4, -0.2) is 15.6 Å². The molecule has 1 heterocycles. The minimum Gasteiger partial charge on any atom is -0.477 e. The number of hydrogen-bond acceptors (Lipinski definition) is 3. The fraction of sp³-hybridized carbons (Fsp3) is 0.100. The smallest absolute Gasteiger partial charge is 0.341 e. The van der Waals surface area contributed by atoms with E-state index in [2.05, 4.69) is 0 Å². The van der Waals surface area contributed by atoms with Crippen molar-refractivity contribution in [3.8, 4) is 5.69 Å². The first-order chi connectivity index (χ1) is 12.0. The topological polar surface area (TPSA) is 85.3 Å². The third kappa shape index (κ3) is 3.04. The van der Waals surface area contributed by atoms with Gasteiger partial charge in [-0.25, -0.2) is 4.79 Å². The maximum absolute atomic E-state index is 12.8. The van der Waals surface area contributed by atoms with Crippen molar-refractivity contribution in [3.05, 3.63) is 93.3 Å². The van der Waals surface area contributed by atoms with E-state index >= 15 is 0 Å². The lowest BCUT2D eigenvalue weighted by molar-refractivity contribution is 0.0693. The summed E-state index contributed by atoms with van der Waals surface area (Å²) in [6.45, 7) is 1.60. The largest absolute Gasteiger partial charge is 0.477 e. The molecule has 0 saturated heterocycles. The molecule has 0 unspecified atom stereocenters. The molecule has 0 saturated carbocycles. The molecular weight excluding hydrogens is 316 g/mol. The van der Waals surface area contributed by atoms with Gasteiger partial charge in [0.15, 0.2) is 0 Å². The molecule has 126 valence electrons. The number of aromatic nitrogens is 1. The van der Waals surface area contributed by atoms with Crippen LogP contribution in [0.5, 0.6) is 0 Å². The molecule has 0 radical (unpaired) electrons. The molecule has 5 nitrogen and oxygen atoms in total. The van der Waals surface area contributed by atoms with Gasteiger partial charge in [0.2, 0.25) is 5.43 Å². The molecule has 25 heavy (non-hydrogen) atoms. The van der Waals surface area contributed by atoms with Crippen LogP contribution in [0, 0.1) is 6.92 Å². The Morgan fingerprint density at radius 2 is 1.60 bits per heavy atom. The molecule has 0 bridgehead atoms. The average molecular weight is 334 g/mol. The minimum atomic E-state index is -1.25. The molecule has 0 amide bonds. The van der Waals surface area contributed by atoms with Crippen LogP contribution in [0.25, 0.3) is 5.69 Å². The first-order valence-electron chi connectivity index (χ1n) is 7.87. The Hall–Kier alpha value is -3.34. The van der Waals surface area contributed by atoms with Gasteiger partial charge in [0, 0.05) is 23.4 Å². The van der Waals surface area contributed by atoms with Crippen LogP contribution in [0.15, 0.2) is 65.5 Å². The molecule has 1 aromatic heterocycles. The van der Waals surface area contributed by atoms with Crippen molar-refractivity contribution >= 4 is 11.8 Å². The summed E-state index contributed by atoms with van der Waals surface area (Å²) in [5.41, 5.74) is 7.75. The van der Waals surface area contributed by atoms with E-state index in [1.807, 2.05) is 60.7 Å². The Morgan fingerprint density at radius 3 is 2.16 bits per heavy atom. The van der Waals surface area contributed by atoms with Gasteiger partial charge < -0.3 is 10.8 Å². The predicted molar refractivity (Wildman–Crippen MR) is 97.4 cm³/mol. The number of carboxylic acids is 1. The van der Waals surface area contributed by atoms with Crippen LogP contribution in [0.2, 0.25) is 0 Å². The van der Waals surface area contributed by atoms with E-state index in [4.69, 9.17) is 5.73 Å². The number of rotatable bonds is 4.